The fourth-order valence-electron chi connectivity index (χ4n) is 3.02. The minimum atomic E-state index is 0.481. The molecule has 4 heteroatoms. The molecule has 1 N–H and O–H groups in total. The summed E-state index contributed by atoms with van der Waals surface area (Å²) < 4.78 is 0. The molecule has 3 rings (SSSR count). The second-order valence-corrected chi connectivity index (χ2v) is 6.10. The lowest BCUT2D eigenvalue weighted by Crippen LogP contribution is -2.29. The van der Waals surface area contributed by atoms with Crippen LogP contribution in [-0.4, -0.2) is 26.2 Å². The number of benzene rings is 1. The Balaban J connectivity index is 1.81. The number of hydrogen-bond donors (Lipinski definition) is 1. The van der Waals surface area contributed by atoms with E-state index < -0.39 is 0 Å². The number of anilines is 1. The molecule has 0 bridgehead atoms. The number of nitrogens with zero attached hydrogens (tertiary/aromatic N) is 1. The first-order valence-corrected chi connectivity index (χ1v) is 6.84. The van der Waals surface area contributed by atoms with E-state index in [0.29, 0.717) is 5.41 Å². The summed E-state index contributed by atoms with van der Waals surface area (Å²) in [5.74, 6) is 0. The van der Waals surface area contributed by atoms with Crippen LogP contribution in [0.1, 0.15) is 12.8 Å². The van der Waals surface area contributed by atoms with Gasteiger partial charge in [0.05, 0.1) is 0 Å². The Morgan fingerprint density at radius 1 is 1.12 bits per heavy atom. The maximum atomic E-state index is 6.06. The molecule has 0 aromatic heterocycles. The van der Waals surface area contributed by atoms with Gasteiger partial charge < -0.3 is 10.2 Å². The Bertz CT molecular complexity index is 407. The van der Waals surface area contributed by atoms with Crippen LogP contribution in [0.3, 0.4) is 0 Å². The van der Waals surface area contributed by atoms with Crippen LogP contribution in [0, 0.1) is 5.41 Å². The molecular weight excluding hydrogens is 255 g/mol. The van der Waals surface area contributed by atoms with Gasteiger partial charge in [0, 0.05) is 40.8 Å². The summed E-state index contributed by atoms with van der Waals surface area (Å²) in [6.07, 6.45) is 2.56. The van der Waals surface area contributed by atoms with Gasteiger partial charge in [-0.1, -0.05) is 23.2 Å². The first-order chi connectivity index (χ1) is 8.17. The van der Waals surface area contributed by atoms with Crippen LogP contribution in [0.15, 0.2) is 18.2 Å². The van der Waals surface area contributed by atoms with Gasteiger partial charge in [-0.25, -0.2) is 0 Å². The molecule has 1 unspecified atom stereocenters. The zero-order valence-electron chi connectivity index (χ0n) is 9.68. The van der Waals surface area contributed by atoms with Crippen LogP contribution < -0.4 is 10.2 Å². The highest BCUT2D eigenvalue weighted by atomic mass is 35.5. The minimum absolute atomic E-state index is 0.481. The number of halogens is 2. The van der Waals surface area contributed by atoms with Crippen molar-refractivity contribution in [3.8, 4) is 0 Å². The Morgan fingerprint density at radius 3 is 2.53 bits per heavy atom. The Kier molecular flexibility index (Phi) is 2.97. The first kappa shape index (κ1) is 11.6. The number of nitrogens with one attached hydrogen (secondary N) is 1. The monoisotopic (exact) mass is 270 g/mol. The standard InChI is InChI=1S/C13H16Cl2N2/c14-10-5-11(15)7-12(6-10)17-4-2-13(9-17)1-3-16-8-13/h5-7,16H,1-4,8-9H2. The zero-order valence-corrected chi connectivity index (χ0v) is 11.2. The topological polar surface area (TPSA) is 15.3 Å². The van der Waals surface area contributed by atoms with Gasteiger partial charge in [-0.2, -0.15) is 0 Å². The average molecular weight is 271 g/mol. The highest BCUT2D eigenvalue weighted by Gasteiger charge is 2.40. The highest BCUT2D eigenvalue weighted by molar-refractivity contribution is 6.35. The summed E-state index contributed by atoms with van der Waals surface area (Å²) >= 11 is 12.1. The molecule has 1 spiro atoms. The van der Waals surface area contributed by atoms with E-state index in [4.69, 9.17) is 23.2 Å². The lowest BCUT2D eigenvalue weighted by Gasteiger charge is -2.24. The molecule has 1 atom stereocenters. The van der Waals surface area contributed by atoms with E-state index in [1.165, 1.54) is 12.8 Å². The Hall–Kier alpha value is -0.440. The van der Waals surface area contributed by atoms with E-state index in [-0.39, 0.29) is 0 Å². The molecule has 92 valence electrons. The quantitative estimate of drug-likeness (QED) is 0.844. The van der Waals surface area contributed by atoms with Crippen molar-refractivity contribution in [3.63, 3.8) is 0 Å². The predicted octanol–water partition coefficient (Wildman–Crippen LogP) is 3.18. The SMILES string of the molecule is Clc1cc(Cl)cc(N2CCC3(CCNC3)C2)c1. The summed E-state index contributed by atoms with van der Waals surface area (Å²) in [5, 5.41) is 4.91. The van der Waals surface area contributed by atoms with E-state index in [1.807, 2.05) is 12.1 Å². The van der Waals surface area contributed by atoms with E-state index in [9.17, 15) is 0 Å². The molecule has 1 aromatic carbocycles. The van der Waals surface area contributed by atoms with Crippen molar-refractivity contribution in [2.45, 2.75) is 12.8 Å². The first-order valence-electron chi connectivity index (χ1n) is 6.09. The van der Waals surface area contributed by atoms with Gasteiger partial charge in [-0.05, 0) is 37.6 Å². The molecule has 2 heterocycles. The van der Waals surface area contributed by atoms with E-state index >= 15 is 0 Å². The maximum absolute atomic E-state index is 6.06. The van der Waals surface area contributed by atoms with Crippen molar-refractivity contribution in [1.82, 2.24) is 5.32 Å². The molecule has 2 aliphatic heterocycles. The van der Waals surface area contributed by atoms with Gasteiger partial charge in [0.2, 0.25) is 0 Å². The van der Waals surface area contributed by atoms with Crippen molar-refractivity contribution in [2.24, 2.45) is 5.41 Å². The average Bonchev–Trinajstić information content (AvgIpc) is 2.88. The van der Waals surface area contributed by atoms with Gasteiger partial charge in [0.15, 0.2) is 0 Å². The van der Waals surface area contributed by atoms with Crippen LogP contribution in [0.25, 0.3) is 0 Å². The smallest absolute Gasteiger partial charge is 0.0441 e. The fraction of sp³-hybridized carbons (Fsp3) is 0.538. The van der Waals surface area contributed by atoms with Crippen molar-refractivity contribution >= 4 is 28.9 Å². The van der Waals surface area contributed by atoms with Crippen LogP contribution in [0.4, 0.5) is 5.69 Å². The predicted molar refractivity (Wildman–Crippen MR) is 73.2 cm³/mol. The normalized spacial score (nSPS) is 28.2. The lowest BCUT2D eigenvalue weighted by atomic mass is 9.86. The van der Waals surface area contributed by atoms with Crippen molar-refractivity contribution in [2.75, 3.05) is 31.1 Å². The van der Waals surface area contributed by atoms with E-state index in [1.54, 1.807) is 6.07 Å². The number of hydrogen-bond acceptors (Lipinski definition) is 2. The third-order valence-corrected chi connectivity index (χ3v) is 4.42. The fourth-order valence-corrected chi connectivity index (χ4v) is 3.54. The van der Waals surface area contributed by atoms with Gasteiger partial charge in [-0.15, -0.1) is 0 Å². The molecule has 2 nitrogen and oxygen atoms in total. The molecule has 2 saturated heterocycles. The third-order valence-electron chi connectivity index (χ3n) is 3.98. The molecule has 0 saturated carbocycles. The van der Waals surface area contributed by atoms with Gasteiger partial charge in [0.1, 0.15) is 0 Å². The Labute approximate surface area is 112 Å². The highest BCUT2D eigenvalue weighted by Crippen LogP contribution is 2.39. The molecule has 1 aromatic rings. The third kappa shape index (κ3) is 2.26. The molecule has 2 aliphatic rings. The van der Waals surface area contributed by atoms with Gasteiger partial charge in [0.25, 0.3) is 0 Å². The molecule has 2 fully saturated rings. The van der Waals surface area contributed by atoms with Crippen LogP contribution in [0.5, 0.6) is 0 Å². The summed E-state index contributed by atoms with van der Waals surface area (Å²) in [6.45, 7) is 4.54. The molecular formula is C13H16Cl2N2. The molecule has 0 radical (unpaired) electrons. The van der Waals surface area contributed by atoms with Crippen LogP contribution in [0.2, 0.25) is 10.0 Å². The summed E-state index contributed by atoms with van der Waals surface area (Å²) in [6, 6.07) is 5.80. The second-order valence-electron chi connectivity index (χ2n) is 5.23. The molecule has 0 amide bonds. The Morgan fingerprint density at radius 2 is 1.88 bits per heavy atom. The lowest BCUT2D eigenvalue weighted by molar-refractivity contribution is 0.369. The van der Waals surface area contributed by atoms with Crippen LogP contribution >= 0.6 is 23.2 Å². The van der Waals surface area contributed by atoms with Crippen molar-refractivity contribution in [3.05, 3.63) is 28.2 Å². The summed E-state index contributed by atoms with van der Waals surface area (Å²) in [5.41, 5.74) is 1.64. The van der Waals surface area contributed by atoms with Crippen molar-refractivity contribution < 1.29 is 0 Å². The maximum Gasteiger partial charge on any atom is 0.0441 e. The summed E-state index contributed by atoms with van der Waals surface area (Å²) in [7, 11) is 0. The van der Waals surface area contributed by atoms with Gasteiger partial charge in [-0.3, -0.25) is 0 Å². The number of rotatable bonds is 1. The van der Waals surface area contributed by atoms with E-state index in [0.717, 1.165) is 41.9 Å². The van der Waals surface area contributed by atoms with Gasteiger partial charge >= 0.3 is 0 Å². The molecule has 0 aliphatic carbocycles. The molecule has 17 heavy (non-hydrogen) atoms. The second kappa shape index (κ2) is 4.34. The zero-order chi connectivity index (χ0) is 11.9. The minimum Gasteiger partial charge on any atom is -0.371 e. The largest absolute Gasteiger partial charge is 0.371 e. The van der Waals surface area contributed by atoms with Crippen LogP contribution in [-0.2, 0) is 0 Å². The summed E-state index contributed by atoms with van der Waals surface area (Å²) in [4.78, 5) is 2.41. The van der Waals surface area contributed by atoms with E-state index in [2.05, 4.69) is 10.2 Å². The van der Waals surface area contributed by atoms with Crippen molar-refractivity contribution in [1.29, 1.82) is 0 Å².